The summed E-state index contributed by atoms with van der Waals surface area (Å²) in [6, 6.07) is 0. The van der Waals surface area contributed by atoms with Gasteiger partial charge in [-0.1, -0.05) is 57.9 Å². The van der Waals surface area contributed by atoms with Crippen molar-refractivity contribution in [3.8, 4) is 0 Å². The van der Waals surface area contributed by atoms with Gasteiger partial charge >= 0.3 is 0 Å². The Labute approximate surface area is 186 Å². The lowest BCUT2D eigenvalue weighted by Crippen LogP contribution is -2.50. The Morgan fingerprint density at radius 3 is 2.60 bits per heavy atom. The molecule has 0 bridgehead atoms. The van der Waals surface area contributed by atoms with Gasteiger partial charge in [0.25, 0.3) is 0 Å². The van der Waals surface area contributed by atoms with Crippen LogP contribution >= 0.6 is 0 Å². The van der Waals surface area contributed by atoms with Crippen LogP contribution in [0.1, 0.15) is 106 Å². The maximum absolute atomic E-state index is 12.1. The quantitative estimate of drug-likeness (QED) is 0.418. The summed E-state index contributed by atoms with van der Waals surface area (Å²) in [5.74, 6) is 5.51. The standard InChI is InChI=1S/C29H46O/c1-7-21(19(2)3)9-8-20(4)25-12-13-26-24-11-10-22-18-23(30)14-16-28(22,5)27(24)15-17-29(25,26)6/h7,10,19-20,24-27H,8-9,11-18H2,1-6H3/b21-7-/t20?,24?,25-,26?,27?,28+,29-/m1/s1. The number of carbonyl (C=O) groups excluding carboxylic acids is 1. The SMILES string of the molecule is C/C=C(/CCC(C)[C@H]1CCC2C3CC=C4CC(=O)CC[C@]4(C)C3CC[C@@]21C)C(C)C. The minimum Gasteiger partial charge on any atom is -0.299 e. The van der Waals surface area contributed by atoms with Crippen LogP contribution in [0.5, 0.6) is 0 Å². The molecule has 0 radical (unpaired) electrons. The number of hydrogen-bond donors (Lipinski definition) is 0. The first-order chi connectivity index (χ1) is 14.2. The van der Waals surface area contributed by atoms with Crippen LogP contribution < -0.4 is 0 Å². The average Bonchev–Trinajstić information content (AvgIpc) is 3.06. The van der Waals surface area contributed by atoms with E-state index >= 15 is 0 Å². The molecule has 168 valence electrons. The summed E-state index contributed by atoms with van der Waals surface area (Å²) in [4.78, 5) is 12.1. The molecule has 3 saturated carbocycles. The minimum absolute atomic E-state index is 0.319. The van der Waals surface area contributed by atoms with E-state index in [1.807, 2.05) is 0 Å². The molecule has 0 N–H and O–H groups in total. The second kappa shape index (κ2) is 8.25. The van der Waals surface area contributed by atoms with Gasteiger partial charge in [-0.05, 0) is 105 Å². The summed E-state index contributed by atoms with van der Waals surface area (Å²) >= 11 is 0. The fourth-order valence-electron chi connectivity index (χ4n) is 8.81. The molecule has 1 heteroatoms. The highest BCUT2D eigenvalue weighted by molar-refractivity contribution is 5.82. The monoisotopic (exact) mass is 410 g/mol. The third kappa shape index (κ3) is 3.57. The largest absolute Gasteiger partial charge is 0.299 e. The van der Waals surface area contributed by atoms with Crippen LogP contribution in [0.4, 0.5) is 0 Å². The van der Waals surface area contributed by atoms with Gasteiger partial charge in [0.1, 0.15) is 5.78 Å². The predicted molar refractivity (Wildman–Crippen MR) is 127 cm³/mol. The first-order valence-electron chi connectivity index (χ1n) is 13.1. The van der Waals surface area contributed by atoms with E-state index in [1.54, 1.807) is 5.57 Å². The second-order valence-electron chi connectivity index (χ2n) is 12.2. The predicted octanol–water partition coefficient (Wildman–Crippen LogP) is 8.15. The molecule has 4 aliphatic rings. The molecule has 4 unspecified atom stereocenters. The van der Waals surface area contributed by atoms with Crippen molar-refractivity contribution in [1.29, 1.82) is 0 Å². The van der Waals surface area contributed by atoms with Crippen molar-refractivity contribution in [1.82, 2.24) is 0 Å². The van der Waals surface area contributed by atoms with Crippen molar-refractivity contribution in [2.75, 3.05) is 0 Å². The molecule has 0 heterocycles. The summed E-state index contributed by atoms with van der Waals surface area (Å²) in [7, 11) is 0. The highest BCUT2D eigenvalue weighted by Crippen LogP contribution is 2.67. The minimum atomic E-state index is 0.319. The fraction of sp³-hybridized carbons (Fsp3) is 0.828. The third-order valence-corrected chi connectivity index (χ3v) is 10.7. The van der Waals surface area contributed by atoms with Crippen LogP contribution in [0.15, 0.2) is 23.3 Å². The highest BCUT2D eigenvalue weighted by atomic mass is 16.1. The average molecular weight is 411 g/mol. The molecule has 0 spiro atoms. The smallest absolute Gasteiger partial charge is 0.136 e. The normalized spacial score (nSPS) is 42.4. The maximum Gasteiger partial charge on any atom is 0.136 e. The molecule has 0 amide bonds. The summed E-state index contributed by atoms with van der Waals surface area (Å²) in [5.41, 5.74) is 4.02. The number of hydrogen-bond acceptors (Lipinski definition) is 1. The summed E-state index contributed by atoms with van der Waals surface area (Å²) in [5, 5.41) is 0. The van der Waals surface area contributed by atoms with E-state index in [1.165, 1.54) is 50.5 Å². The van der Waals surface area contributed by atoms with Gasteiger partial charge < -0.3 is 0 Å². The van der Waals surface area contributed by atoms with Crippen LogP contribution in [-0.4, -0.2) is 5.78 Å². The number of Topliss-reactive ketones (excluding diaryl/α,β-unsaturated/α-hetero) is 1. The van der Waals surface area contributed by atoms with Gasteiger partial charge in [0.2, 0.25) is 0 Å². The van der Waals surface area contributed by atoms with Gasteiger partial charge in [-0.25, -0.2) is 0 Å². The number of carbonyl (C=O) groups is 1. The van der Waals surface area contributed by atoms with E-state index < -0.39 is 0 Å². The zero-order valence-electron chi connectivity index (χ0n) is 20.6. The lowest BCUT2D eigenvalue weighted by molar-refractivity contribution is -0.122. The van der Waals surface area contributed by atoms with Gasteiger partial charge in [-0.2, -0.15) is 0 Å². The van der Waals surface area contributed by atoms with E-state index in [2.05, 4.69) is 53.7 Å². The number of rotatable bonds is 5. The molecule has 0 aromatic rings. The van der Waals surface area contributed by atoms with Gasteiger partial charge in [0.15, 0.2) is 0 Å². The summed E-state index contributed by atoms with van der Waals surface area (Å²) in [6.07, 6.45) is 17.2. The first-order valence-corrected chi connectivity index (χ1v) is 13.1. The van der Waals surface area contributed by atoms with E-state index in [-0.39, 0.29) is 0 Å². The zero-order valence-corrected chi connectivity index (χ0v) is 20.6. The summed E-state index contributed by atoms with van der Waals surface area (Å²) in [6.45, 7) is 14.7. The molecule has 30 heavy (non-hydrogen) atoms. The van der Waals surface area contributed by atoms with Crippen LogP contribution in [0.2, 0.25) is 0 Å². The van der Waals surface area contributed by atoms with Crippen molar-refractivity contribution < 1.29 is 4.79 Å². The Bertz CT molecular complexity index is 727. The van der Waals surface area contributed by atoms with Crippen molar-refractivity contribution >= 4 is 5.78 Å². The number of ketones is 1. The lowest BCUT2D eigenvalue weighted by Gasteiger charge is -2.58. The van der Waals surface area contributed by atoms with Crippen LogP contribution in [-0.2, 0) is 4.79 Å². The van der Waals surface area contributed by atoms with E-state index in [4.69, 9.17) is 0 Å². The maximum atomic E-state index is 12.1. The Hall–Kier alpha value is -0.850. The molecule has 0 saturated heterocycles. The Kier molecular flexibility index (Phi) is 6.15. The molecule has 0 aromatic heterocycles. The lowest BCUT2D eigenvalue weighted by atomic mass is 9.47. The van der Waals surface area contributed by atoms with E-state index in [9.17, 15) is 4.79 Å². The highest BCUT2D eigenvalue weighted by Gasteiger charge is 2.59. The van der Waals surface area contributed by atoms with Crippen LogP contribution in [0, 0.1) is 46.3 Å². The molecule has 0 aromatic carbocycles. The second-order valence-corrected chi connectivity index (χ2v) is 12.2. The van der Waals surface area contributed by atoms with Crippen LogP contribution in [0.25, 0.3) is 0 Å². The third-order valence-electron chi connectivity index (χ3n) is 10.7. The molecular formula is C29H46O. The van der Waals surface area contributed by atoms with Gasteiger partial charge in [0, 0.05) is 12.8 Å². The molecule has 3 fully saturated rings. The Morgan fingerprint density at radius 2 is 1.90 bits per heavy atom. The van der Waals surface area contributed by atoms with Gasteiger partial charge in [-0.3, -0.25) is 4.79 Å². The fourth-order valence-corrected chi connectivity index (χ4v) is 8.81. The van der Waals surface area contributed by atoms with Crippen LogP contribution in [0.3, 0.4) is 0 Å². The van der Waals surface area contributed by atoms with Gasteiger partial charge in [-0.15, -0.1) is 0 Å². The Morgan fingerprint density at radius 1 is 1.13 bits per heavy atom. The van der Waals surface area contributed by atoms with Crippen molar-refractivity contribution in [3.63, 3.8) is 0 Å². The topological polar surface area (TPSA) is 17.1 Å². The van der Waals surface area contributed by atoms with Crippen molar-refractivity contribution in [2.45, 2.75) is 106 Å². The van der Waals surface area contributed by atoms with Gasteiger partial charge in [0.05, 0.1) is 0 Å². The number of fused-ring (bicyclic) bond motifs is 5. The van der Waals surface area contributed by atoms with Crippen molar-refractivity contribution in [3.05, 3.63) is 23.3 Å². The molecule has 4 aliphatic carbocycles. The zero-order chi connectivity index (χ0) is 21.7. The molecule has 1 nitrogen and oxygen atoms in total. The van der Waals surface area contributed by atoms with E-state index in [0.717, 1.165) is 48.9 Å². The molecule has 4 rings (SSSR count). The summed E-state index contributed by atoms with van der Waals surface area (Å²) < 4.78 is 0. The first kappa shape index (κ1) is 22.3. The number of allylic oxidation sites excluding steroid dienone is 4. The van der Waals surface area contributed by atoms with E-state index in [0.29, 0.717) is 22.5 Å². The molecule has 0 aliphatic heterocycles. The molecular weight excluding hydrogens is 364 g/mol. The van der Waals surface area contributed by atoms with Crippen molar-refractivity contribution in [2.24, 2.45) is 46.3 Å². The molecule has 7 atom stereocenters. The Balaban J connectivity index is 1.49.